The van der Waals surface area contributed by atoms with Crippen molar-refractivity contribution >= 4 is 13.8 Å². The molecule has 14 heavy (non-hydrogen) atoms. The van der Waals surface area contributed by atoms with Gasteiger partial charge in [0, 0.05) is 0 Å². The molecule has 0 aliphatic heterocycles. The van der Waals surface area contributed by atoms with Gasteiger partial charge in [-0.3, -0.25) is 4.79 Å². The number of para-hydroxylation sites is 1. The maximum atomic E-state index is 8.95. The number of methoxy groups -OCH3 is 1. The highest BCUT2D eigenvalue weighted by Crippen LogP contribution is 2.07. The first-order valence-electron chi connectivity index (χ1n) is 3.75. The summed E-state index contributed by atoms with van der Waals surface area (Å²) in [4.78, 5) is 8.95. The molecule has 6 heteroatoms. The van der Waals surface area contributed by atoms with Crippen molar-refractivity contribution in [3.05, 3.63) is 30.3 Å². The van der Waals surface area contributed by atoms with Crippen molar-refractivity contribution in [2.24, 2.45) is 0 Å². The van der Waals surface area contributed by atoms with Crippen molar-refractivity contribution in [1.29, 1.82) is 0 Å². The summed E-state index contributed by atoms with van der Waals surface area (Å²) < 4.78 is 8.39. The molecule has 0 aromatic heterocycles. The van der Waals surface area contributed by atoms with Gasteiger partial charge in [-0.05, 0) is 12.1 Å². The zero-order valence-electron chi connectivity index (χ0n) is 7.66. The van der Waals surface area contributed by atoms with Gasteiger partial charge in [0.1, 0.15) is 5.75 Å². The SMILES string of the molecule is COC=O.OB(O)Oc1ccccc1. The van der Waals surface area contributed by atoms with E-state index in [-0.39, 0.29) is 0 Å². The number of hydrogen-bond acceptors (Lipinski definition) is 5. The molecule has 0 radical (unpaired) electrons. The van der Waals surface area contributed by atoms with Crippen molar-refractivity contribution < 1.29 is 24.2 Å². The molecule has 0 unspecified atom stereocenters. The molecular weight excluding hydrogens is 187 g/mol. The molecule has 0 spiro atoms. The maximum Gasteiger partial charge on any atom is 0.707 e. The van der Waals surface area contributed by atoms with Crippen LogP contribution in [0.15, 0.2) is 30.3 Å². The standard InChI is InChI=1S/C6H7BO3.C2H4O2/c8-7(9)10-6-4-2-1-3-5-6;1-4-2-3/h1-5,8-9H;2H,1H3. The van der Waals surface area contributed by atoms with Crippen molar-refractivity contribution in [2.45, 2.75) is 0 Å². The molecule has 0 fully saturated rings. The van der Waals surface area contributed by atoms with E-state index < -0.39 is 7.32 Å². The number of carbonyl (C=O) groups excluding carboxylic acids is 1. The molecule has 0 atom stereocenters. The van der Waals surface area contributed by atoms with E-state index in [9.17, 15) is 0 Å². The Kier molecular flexibility index (Phi) is 7.21. The van der Waals surface area contributed by atoms with E-state index in [2.05, 4.69) is 9.39 Å². The van der Waals surface area contributed by atoms with E-state index in [1.807, 2.05) is 6.07 Å². The Morgan fingerprint density at radius 3 is 2.14 bits per heavy atom. The summed E-state index contributed by atoms with van der Waals surface area (Å²) in [6.07, 6.45) is 0. The minimum atomic E-state index is -1.73. The van der Waals surface area contributed by atoms with Gasteiger partial charge in [-0.15, -0.1) is 0 Å². The van der Waals surface area contributed by atoms with Crippen LogP contribution >= 0.6 is 0 Å². The summed E-state index contributed by atoms with van der Waals surface area (Å²) in [5.74, 6) is 0.442. The fourth-order valence-electron chi connectivity index (χ4n) is 0.621. The van der Waals surface area contributed by atoms with Crippen LogP contribution in [-0.2, 0) is 9.53 Å². The summed E-state index contributed by atoms with van der Waals surface area (Å²) in [5, 5.41) is 16.7. The zero-order chi connectivity index (χ0) is 10.8. The van der Waals surface area contributed by atoms with Gasteiger partial charge >= 0.3 is 7.32 Å². The van der Waals surface area contributed by atoms with Gasteiger partial charge in [0.25, 0.3) is 6.47 Å². The maximum absolute atomic E-state index is 8.95. The molecular formula is C8H11BO5. The van der Waals surface area contributed by atoms with Gasteiger partial charge in [0.05, 0.1) is 7.11 Å². The molecule has 5 nitrogen and oxygen atoms in total. The van der Waals surface area contributed by atoms with E-state index in [0.717, 1.165) is 0 Å². The third kappa shape index (κ3) is 7.14. The molecule has 0 saturated heterocycles. The zero-order valence-corrected chi connectivity index (χ0v) is 7.66. The van der Waals surface area contributed by atoms with E-state index in [0.29, 0.717) is 12.2 Å². The molecule has 0 bridgehead atoms. The van der Waals surface area contributed by atoms with Crippen LogP contribution in [0, 0.1) is 0 Å². The smallest absolute Gasteiger partial charge is 0.512 e. The second-order valence-electron chi connectivity index (χ2n) is 2.09. The molecule has 1 aromatic rings. The lowest BCUT2D eigenvalue weighted by molar-refractivity contribution is -0.126. The van der Waals surface area contributed by atoms with E-state index in [1.54, 1.807) is 24.3 Å². The summed E-state index contributed by atoms with van der Waals surface area (Å²) in [5.41, 5.74) is 0. The van der Waals surface area contributed by atoms with Gasteiger partial charge in [0.15, 0.2) is 0 Å². The quantitative estimate of drug-likeness (QED) is 0.520. The topological polar surface area (TPSA) is 76.0 Å². The Bertz CT molecular complexity index is 239. The van der Waals surface area contributed by atoms with E-state index in [1.165, 1.54) is 7.11 Å². The Morgan fingerprint density at radius 2 is 1.79 bits per heavy atom. The van der Waals surface area contributed by atoms with Crippen LogP contribution in [0.1, 0.15) is 0 Å². The van der Waals surface area contributed by atoms with Crippen LogP contribution < -0.4 is 4.65 Å². The minimum Gasteiger partial charge on any atom is -0.512 e. The molecule has 0 aliphatic rings. The van der Waals surface area contributed by atoms with Gasteiger partial charge < -0.3 is 19.4 Å². The average molecular weight is 198 g/mol. The van der Waals surface area contributed by atoms with E-state index in [4.69, 9.17) is 14.8 Å². The normalized spacial score (nSPS) is 7.93. The van der Waals surface area contributed by atoms with Crippen LogP contribution in [0.25, 0.3) is 0 Å². The monoisotopic (exact) mass is 198 g/mol. The van der Waals surface area contributed by atoms with Crippen LogP contribution in [-0.4, -0.2) is 31.0 Å². The largest absolute Gasteiger partial charge is 0.707 e. The summed E-state index contributed by atoms with van der Waals surface area (Å²) >= 11 is 0. The van der Waals surface area contributed by atoms with Crippen molar-refractivity contribution in [3.8, 4) is 5.75 Å². The lowest BCUT2D eigenvalue weighted by Gasteiger charge is -2.01. The highest BCUT2D eigenvalue weighted by Gasteiger charge is 2.09. The van der Waals surface area contributed by atoms with Crippen LogP contribution in [0.2, 0.25) is 0 Å². The molecule has 2 N–H and O–H groups in total. The first kappa shape index (κ1) is 12.5. The fourth-order valence-corrected chi connectivity index (χ4v) is 0.621. The fraction of sp³-hybridized carbons (Fsp3) is 0.125. The number of benzene rings is 1. The molecule has 0 amide bonds. The molecule has 0 heterocycles. The van der Waals surface area contributed by atoms with Crippen molar-refractivity contribution in [3.63, 3.8) is 0 Å². The van der Waals surface area contributed by atoms with Crippen molar-refractivity contribution in [2.75, 3.05) is 7.11 Å². The van der Waals surface area contributed by atoms with Gasteiger partial charge in [-0.25, -0.2) is 0 Å². The Hall–Kier alpha value is -1.53. The highest BCUT2D eigenvalue weighted by atomic mass is 16.6. The molecule has 1 rings (SSSR count). The third-order valence-electron chi connectivity index (χ3n) is 1.08. The minimum absolute atomic E-state index is 0.375. The second kappa shape index (κ2) is 8.09. The number of rotatable bonds is 3. The highest BCUT2D eigenvalue weighted by molar-refractivity contribution is 6.33. The van der Waals surface area contributed by atoms with E-state index >= 15 is 0 Å². The van der Waals surface area contributed by atoms with Crippen LogP contribution in [0.4, 0.5) is 0 Å². The molecule has 76 valence electrons. The average Bonchev–Trinajstić information content (AvgIpc) is 2.19. The lowest BCUT2D eigenvalue weighted by atomic mass is 10.2. The number of carbonyl (C=O) groups is 1. The lowest BCUT2D eigenvalue weighted by Crippen LogP contribution is -2.20. The Morgan fingerprint density at radius 1 is 1.29 bits per heavy atom. The third-order valence-corrected chi connectivity index (χ3v) is 1.08. The van der Waals surface area contributed by atoms with Gasteiger partial charge in [-0.1, -0.05) is 18.2 Å². The Labute approximate surface area is 82.1 Å². The predicted molar refractivity (Wildman–Crippen MR) is 50.3 cm³/mol. The number of hydrogen-bond donors (Lipinski definition) is 2. The summed E-state index contributed by atoms with van der Waals surface area (Å²) in [6, 6.07) is 8.59. The summed E-state index contributed by atoms with van der Waals surface area (Å²) in [7, 11) is -0.421. The first-order chi connectivity index (χ1) is 6.70. The van der Waals surface area contributed by atoms with Crippen molar-refractivity contribution in [1.82, 2.24) is 0 Å². The molecule has 0 aliphatic carbocycles. The predicted octanol–water partition coefficient (Wildman–Crippen LogP) is -0.176. The van der Waals surface area contributed by atoms with Crippen LogP contribution in [0.3, 0.4) is 0 Å². The van der Waals surface area contributed by atoms with Gasteiger partial charge in [-0.2, -0.15) is 0 Å². The van der Waals surface area contributed by atoms with Crippen LogP contribution in [0.5, 0.6) is 5.75 Å². The summed E-state index contributed by atoms with van der Waals surface area (Å²) in [6.45, 7) is 0.375. The Balaban J connectivity index is 0.000000364. The number of ether oxygens (including phenoxy) is 1. The molecule has 0 saturated carbocycles. The second-order valence-corrected chi connectivity index (χ2v) is 2.09. The molecule has 1 aromatic carbocycles. The van der Waals surface area contributed by atoms with Gasteiger partial charge in [0.2, 0.25) is 0 Å². The first-order valence-corrected chi connectivity index (χ1v) is 3.75.